The Hall–Kier alpha value is -1.71. The van der Waals surface area contributed by atoms with E-state index in [4.69, 9.17) is 0 Å². The molecule has 0 unspecified atom stereocenters. The van der Waals surface area contributed by atoms with Gasteiger partial charge in [0.05, 0.1) is 12.6 Å². The summed E-state index contributed by atoms with van der Waals surface area (Å²) in [4.78, 5) is 4.06. The molecule has 0 spiro atoms. The molecule has 1 aromatic carbocycles. The molecular formula is C14H16N2O. The Morgan fingerprint density at radius 1 is 1.12 bits per heavy atom. The summed E-state index contributed by atoms with van der Waals surface area (Å²) in [5, 5.41) is 12.7. The van der Waals surface area contributed by atoms with E-state index in [1.165, 1.54) is 5.56 Å². The van der Waals surface area contributed by atoms with Crippen molar-refractivity contribution in [3.8, 4) is 0 Å². The summed E-state index contributed by atoms with van der Waals surface area (Å²) < 4.78 is 0. The first kappa shape index (κ1) is 11.8. The number of hydrogen-bond donors (Lipinski definition) is 2. The van der Waals surface area contributed by atoms with Gasteiger partial charge in [-0.1, -0.05) is 36.4 Å². The van der Waals surface area contributed by atoms with E-state index in [9.17, 15) is 5.11 Å². The molecule has 2 N–H and O–H groups in total. The van der Waals surface area contributed by atoms with Crippen molar-refractivity contribution in [3.05, 3.63) is 66.0 Å². The van der Waals surface area contributed by atoms with Gasteiger partial charge in [0.15, 0.2) is 0 Å². The standard InChI is InChI=1S/C14H16N2O/c17-11-14(13-7-4-8-15-10-13)16-9-12-5-2-1-3-6-12/h1-8,10,14,16-17H,9,11H2/t14-/m0/s1. The molecule has 0 amide bonds. The summed E-state index contributed by atoms with van der Waals surface area (Å²) in [6, 6.07) is 13.9. The van der Waals surface area contributed by atoms with Crippen LogP contribution in [-0.2, 0) is 6.54 Å². The summed E-state index contributed by atoms with van der Waals surface area (Å²) in [7, 11) is 0. The molecule has 0 aliphatic carbocycles. The van der Waals surface area contributed by atoms with Crippen LogP contribution in [0.2, 0.25) is 0 Å². The van der Waals surface area contributed by atoms with Crippen molar-refractivity contribution < 1.29 is 5.11 Å². The van der Waals surface area contributed by atoms with Gasteiger partial charge in [0, 0.05) is 18.9 Å². The summed E-state index contributed by atoms with van der Waals surface area (Å²) in [5.74, 6) is 0. The molecule has 1 heterocycles. The molecule has 88 valence electrons. The molecule has 0 fully saturated rings. The first-order valence-electron chi connectivity index (χ1n) is 5.68. The van der Waals surface area contributed by atoms with Gasteiger partial charge in [-0.25, -0.2) is 0 Å². The fourth-order valence-corrected chi connectivity index (χ4v) is 1.71. The Balaban J connectivity index is 1.97. The zero-order valence-electron chi connectivity index (χ0n) is 9.58. The number of benzene rings is 1. The zero-order chi connectivity index (χ0) is 11.9. The maximum absolute atomic E-state index is 9.37. The molecule has 1 atom stereocenters. The van der Waals surface area contributed by atoms with Crippen LogP contribution in [0, 0.1) is 0 Å². The molecule has 2 aromatic rings. The monoisotopic (exact) mass is 228 g/mol. The number of aliphatic hydroxyl groups is 1. The van der Waals surface area contributed by atoms with Gasteiger partial charge >= 0.3 is 0 Å². The minimum absolute atomic E-state index is 0.0658. The van der Waals surface area contributed by atoms with E-state index in [-0.39, 0.29) is 12.6 Å². The third kappa shape index (κ3) is 3.37. The number of aromatic nitrogens is 1. The lowest BCUT2D eigenvalue weighted by Crippen LogP contribution is -2.24. The molecule has 0 saturated heterocycles. The van der Waals surface area contributed by atoms with Crippen molar-refractivity contribution in [1.82, 2.24) is 10.3 Å². The van der Waals surface area contributed by atoms with Crippen molar-refractivity contribution in [1.29, 1.82) is 0 Å². The van der Waals surface area contributed by atoms with Gasteiger partial charge in [-0.05, 0) is 17.2 Å². The number of nitrogens with zero attached hydrogens (tertiary/aromatic N) is 1. The Bertz CT molecular complexity index is 430. The topological polar surface area (TPSA) is 45.1 Å². The predicted molar refractivity (Wildman–Crippen MR) is 67.3 cm³/mol. The van der Waals surface area contributed by atoms with E-state index < -0.39 is 0 Å². The van der Waals surface area contributed by atoms with Crippen LogP contribution in [0.25, 0.3) is 0 Å². The smallest absolute Gasteiger partial charge is 0.0627 e. The lowest BCUT2D eigenvalue weighted by molar-refractivity contribution is 0.243. The van der Waals surface area contributed by atoms with Crippen molar-refractivity contribution in [2.24, 2.45) is 0 Å². The van der Waals surface area contributed by atoms with Crippen molar-refractivity contribution in [2.75, 3.05) is 6.61 Å². The normalized spacial score (nSPS) is 12.3. The average molecular weight is 228 g/mol. The number of pyridine rings is 1. The third-order valence-corrected chi connectivity index (χ3v) is 2.66. The van der Waals surface area contributed by atoms with Gasteiger partial charge in [0.1, 0.15) is 0 Å². The SMILES string of the molecule is OC[C@H](NCc1ccccc1)c1cccnc1. The molecular weight excluding hydrogens is 212 g/mol. The Morgan fingerprint density at radius 3 is 2.59 bits per heavy atom. The fraction of sp³-hybridized carbons (Fsp3) is 0.214. The van der Waals surface area contributed by atoms with E-state index in [2.05, 4.69) is 22.4 Å². The van der Waals surface area contributed by atoms with E-state index in [1.807, 2.05) is 30.3 Å². The molecule has 0 aliphatic rings. The van der Waals surface area contributed by atoms with Gasteiger partial charge in [0.25, 0.3) is 0 Å². The van der Waals surface area contributed by atoms with Crippen molar-refractivity contribution in [2.45, 2.75) is 12.6 Å². The van der Waals surface area contributed by atoms with Crippen LogP contribution in [-0.4, -0.2) is 16.7 Å². The largest absolute Gasteiger partial charge is 0.394 e. The summed E-state index contributed by atoms with van der Waals surface area (Å²) in [6.07, 6.45) is 3.51. The maximum Gasteiger partial charge on any atom is 0.0627 e. The second-order valence-electron chi connectivity index (χ2n) is 3.89. The molecule has 2 rings (SSSR count). The molecule has 3 heteroatoms. The Kier molecular flexibility index (Phi) is 4.24. The lowest BCUT2D eigenvalue weighted by Gasteiger charge is -2.16. The van der Waals surface area contributed by atoms with Crippen LogP contribution >= 0.6 is 0 Å². The zero-order valence-corrected chi connectivity index (χ0v) is 9.58. The van der Waals surface area contributed by atoms with Gasteiger partial charge in [-0.15, -0.1) is 0 Å². The van der Waals surface area contributed by atoms with E-state index in [1.54, 1.807) is 12.4 Å². The highest BCUT2D eigenvalue weighted by Crippen LogP contribution is 2.11. The molecule has 1 aromatic heterocycles. The second-order valence-corrected chi connectivity index (χ2v) is 3.89. The minimum atomic E-state index is -0.0658. The first-order chi connectivity index (χ1) is 8.40. The summed E-state index contributed by atoms with van der Waals surface area (Å²) in [5.41, 5.74) is 2.21. The molecule has 0 bridgehead atoms. The number of hydrogen-bond acceptors (Lipinski definition) is 3. The second kappa shape index (κ2) is 6.13. The third-order valence-electron chi connectivity index (χ3n) is 2.66. The highest BCUT2D eigenvalue weighted by Gasteiger charge is 2.08. The van der Waals surface area contributed by atoms with Crippen LogP contribution in [0.1, 0.15) is 17.2 Å². The minimum Gasteiger partial charge on any atom is -0.394 e. The maximum atomic E-state index is 9.37. The van der Waals surface area contributed by atoms with Gasteiger partial charge in [-0.3, -0.25) is 4.98 Å². The van der Waals surface area contributed by atoms with E-state index >= 15 is 0 Å². The number of rotatable bonds is 5. The quantitative estimate of drug-likeness (QED) is 0.821. The Labute approximate surface area is 101 Å². The lowest BCUT2D eigenvalue weighted by atomic mass is 10.1. The Morgan fingerprint density at radius 2 is 1.94 bits per heavy atom. The summed E-state index contributed by atoms with van der Waals surface area (Å²) >= 11 is 0. The van der Waals surface area contributed by atoms with Crippen LogP contribution in [0.3, 0.4) is 0 Å². The predicted octanol–water partition coefficient (Wildman–Crippen LogP) is 1.90. The van der Waals surface area contributed by atoms with Crippen LogP contribution in [0.5, 0.6) is 0 Å². The molecule has 17 heavy (non-hydrogen) atoms. The van der Waals surface area contributed by atoms with Crippen LogP contribution in [0.15, 0.2) is 54.9 Å². The van der Waals surface area contributed by atoms with E-state index in [0.717, 1.165) is 12.1 Å². The van der Waals surface area contributed by atoms with Crippen molar-refractivity contribution >= 4 is 0 Å². The molecule has 0 aliphatic heterocycles. The average Bonchev–Trinajstić information content (AvgIpc) is 2.42. The highest BCUT2D eigenvalue weighted by atomic mass is 16.3. The fourth-order valence-electron chi connectivity index (χ4n) is 1.71. The van der Waals surface area contributed by atoms with Crippen molar-refractivity contribution in [3.63, 3.8) is 0 Å². The number of nitrogens with one attached hydrogen (secondary N) is 1. The van der Waals surface area contributed by atoms with Gasteiger partial charge < -0.3 is 10.4 Å². The van der Waals surface area contributed by atoms with E-state index in [0.29, 0.717) is 0 Å². The number of aliphatic hydroxyl groups excluding tert-OH is 1. The molecule has 3 nitrogen and oxygen atoms in total. The van der Waals surface area contributed by atoms with Gasteiger partial charge in [0.2, 0.25) is 0 Å². The van der Waals surface area contributed by atoms with Crippen LogP contribution in [0.4, 0.5) is 0 Å². The first-order valence-corrected chi connectivity index (χ1v) is 5.68. The highest BCUT2D eigenvalue weighted by molar-refractivity contribution is 5.17. The molecule has 0 radical (unpaired) electrons. The summed E-state index contributed by atoms with van der Waals surface area (Å²) in [6.45, 7) is 0.805. The van der Waals surface area contributed by atoms with Gasteiger partial charge in [-0.2, -0.15) is 0 Å². The molecule has 0 saturated carbocycles. The van der Waals surface area contributed by atoms with Crippen LogP contribution < -0.4 is 5.32 Å².